The van der Waals surface area contributed by atoms with Gasteiger partial charge in [0.2, 0.25) is 11.8 Å². The first-order valence-corrected chi connectivity index (χ1v) is 16.6. The molecule has 0 fully saturated rings. The first-order valence-electron chi connectivity index (χ1n) is 14.0. The van der Waals surface area contributed by atoms with Crippen LogP contribution in [0.3, 0.4) is 0 Å². The largest absolute Gasteiger partial charge is 0.354 e. The molecule has 0 saturated carbocycles. The van der Waals surface area contributed by atoms with E-state index in [2.05, 4.69) is 5.32 Å². The number of halogens is 3. The summed E-state index contributed by atoms with van der Waals surface area (Å²) >= 11 is 19.3. The van der Waals surface area contributed by atoms with Crippen LogP contribution >= 0.6 is 34.8 Å². The molecule has 4 rings (SSSR count). The van der Waals surface area contributed by atoms with Crippen molar-refractivity contribution in [2.24, 2.45) is 0 Å². The van der Waals surface area contributed by atoms with Crippen molar-refractivity contribution in [1.82, 2.24) is 10.2 Å². The van der Waals surface area contributed by atoms with Crippen LogP contribution in [0.2, 0.25) is 15.1 Å². The van der Waals surface area contributed by atoms with Crippen molar-refractivity contribution < 1.29 is 18.0 Å². The van der Waals surface area contributed by atoms with E-state index in [1.807, 2.05) is 37.3 Å². The van der Waals surface area contributed by atoms with Crippen molar-refractivity contribution in [3.05, 3.63) is 129 Å². The summed E-state index contributed by atoms with van der Waals surface area (Å²) in [4.78, 5) is 29.5. The third kappa shape index (κ3) is 8.33. The van der Waals surface area contributed by atoms with Crippen LogP contribution in [-0.4, -0.2) is 44.3 Å². The summed E-state index contributed by atoms with van der Waals surface area (Å²) in [5.74, 6) is -0.998. The summed E-state index contributed by atoms with van der Waals surface area (Å²) in [6.07, 6.45) is 0.883. The van der Waals surface area contributed by atoms with Gasteiger partial charge in [-0.3, -0.25) is 13.9 Å². The van der Waals surface area contributed by atoms with Crippen molar-refractivity contribution in [2.45, 2.75) is 37.2 Å². The van der Waals surface area contributed by atoms with E-state index in [0.717, 1.165) is 9.87 Å². The molecule has 0 aliphatic rings. The molecule has 230 valence electrons. The first-order chi connectivity index (χ1) is 21.1. The number of nitrogens with zero attached hydrogens (tertiary/aromatic N) is 2. The number of carbonyl (C=O) groups excluding carboxylic acids is 2. The number of amides is 2. The maximum absolute atomic E-state index is 14.4. The lowest BCUT2D eigenvalue weighted by Crippen LogP contribution is -2.53. The molecule has 0 unspecified atom stereocenters. The van der Waals surface area contributed by atoms with E-state index in [-0.39, 0.29) is 39.5 Å². The molecule has 0 radical (unpaired) electrons. The maximum Gasteiger partial charge on any atom is 0.264 e. The second-order valence-corrected chi connectivity index (χ2v) is 13.1. The molecule has 1 N–H and O–H groups in total. The molecule has 1 atom stereocenters. The highest BCUT2D eigenvalue weighted by molar-refractivity contribution is 7.92. The summed E-state index contributed by atoms with van der Waals surface area (Å²) in [7, 11) is -4.31. The summed E-state index contributed by atoms with van der Waals surface area (Å²) in [6.45, 7) is 1.64. The van der Waals surface area contributed by atoms with Crippen LogP contribution in [0, 0.1) is 0 Å². The highest BCUT2D eigenvalue weighted by Gasteiger charge is 2.35. The van der Waals surface area contributed by atoms with Gasteiger partial charge in [-0.1, -0.05) is 108 Å². The maximum atomic E-state index is 14.4. The van der Waals surface area contributed by atoms with Crippen molar-refractivity contribution in [3.63, 3.8) is 0 Å². The Morgan fingerprint density at radius 1 is 0.818 bits per heavy atom. The number of hydrogen-bond acceptors (Lipinski definition) is 4. The predicted octanol–water partition coefficient (Wildman–Crippen LogP) is 7.01. The zero-order chi connectivity index (χ0) is 31.7. The van der Waals surface area contributed by atoms with Gasteiger partial charge >= 0.3 is 0 Å². The standard InChI is InChI=1S/C33H32Cl3N3O4S/c1-2-19-37-33(41)31(20-24-11-5-3-6-12-24)38(22-25-13-9-10-16-28(25)35)32(40)23-39(30-21-26(34)17-18-29(30)36)44(42,43)27-14-7-4-8-15-27/h3-18,21,31H,2,19-20,22-23H2,1H3,(H,37,41)/t31-/m1/s1. The smallest absolute Gasteiger partial charge is 0.264 e. The zero-order valence-corrected chi connectivity index (χ0v) is 27.1. The van der Waals surface area contributed by atoms with Gasteiger partial charge in [-0.15, -0.1) is 0 Å². The molecule has 0 bridgehead atoms. The minimum atomic E-state index is -4.31. The Morgan fingerprint density at radius 2 is 1.45 bits per heavy atom. The predicted molar refractivity (Wildman–Crippen MR) is 177 cm³/mol. The summed E-state index contributed by atoms with van der Waals surface area (Å²) < 4.78 is 29.0. The fourth-order valence-electron chi connectivity index (χ4n) is 4.64. The van der Waals surface area contributed by atoms with Gasteiger partial charge in [-0.25, -0.2) is 8.42 Å². The normalized spacial score (nSPS) is 11.9. The molecule has 0 heterocycles. The van der Waals surface area contributed by atoms with Gasteiger partial charge < -0.3 is 10.2 Å². The van der Waals surface area contributed by atoms with Gasteiger partial charge in [-0.2, -0.15) is 0 Å². The van der Waals surface area contributed by atoms with Crippen LogP contribution in [0.5, 0.6) is 0 Å². The Bertz CT molecular complexity index is 1690. The molecular weight excluding hydrogens is 641 g/mol. The first kappa shape index (κ1) is 33.3. The van der Waals surface area contributed by atoms with Gasteiger partial charge in [0.1, 0.15) is 12.6 Å². The number of sulfonamides is 1. The number of benzene rings is 4. The third-order valence-electron chi connectivity index (χ3n) is 6.91. The van der Waals surface area contributed by atoms with Crippen LogP contribution in [0.25, 0.3) is 0 Å². The van der Waals surface area contributed by atoms with Gasteiger partial charge in [0.05, 0.1) is 15.6 Å². The minimum Gasteiger partial charge on any atom is -0.354 e. The fourth-order valence-corrected chi connectivity index (χ4v) is 6.72. The van der Waals surface area contributed by atoms with E-state index in [1.165, 1.54) is 35.2 Å². The van der Waals surface area contributed by atoms with Gasteiger partial charge in [0.25, 0.3) is 10.0 Å². The topological polar surface area (TPSA) is 86.8 Å². The van der Waals surface area contributed by atoms with Gasteiger partial charge in [0, 0.05) is 29.6 Å². The van der Waals surface area contributed by atoms with E-state index in [1.54, 1.807) is 42.5 Å². The molecule has 0 aliphatic carbocycles. The zero-order valence-electron chi connectivity index (χ0n) is 24.0. The number of rotatable bonds is 13. The average molecular weight is 673 g/mol. The molecule has 0 spiro atoms. The fraction of sp³-hybridized carbons (Fsp3) is 0.212. The second-order valence-electron chi connectivity index (χ2n) is 10.0. The Labute approximate surface area is 273 Å². The molecule has 0 saturated heterocycles. The molecule has 4 aromatic carbocycles. The number of hydrogen-bond donors (Lipinski definition) is 1. The van der Waals surface area contributed by atoms with Gasteiger partial charge in [-0.05, 0) is 53.9 Å². The van der Waals surface area contributed by atoms with Gasteiger partial charge in [0.15, 0.2) is 0 Å². The highest BCUT2D eigenvalue weighted by atomic mass is 35.5. The van der Waals surface area contributed by atoms with Crippen LogP contribution in [0.4, 0.5) is 5.69 Å². The molecular formula is C33H32Cl3N3O4S. The molecule has 0 aliphatic heterocycles. The van der Waals surface area contributed by atoms with Crippen molar-refractivity contribution in [1.29, 1.82) is 0 Å². The molecule has 0 aromatic heterocycles. The Hall–Kier alpha value is -3.56. The summed E-state index contributed by atoms with van der Waals surface area (Å²) in [6, 6.07) is 27.5. The average Bonchev–Trinajstić information content (AvgIpc) is 3.03. The molecule has 7 nitrogen and oxygen atoms in total. The number of carbonyl (C=O) groups is 2. The Kier molecular flexibility index (Phi) is 11.7. The van der Waals surface area contributed by atoms with E-state index >= 15 is 0 Å². The Balaban J connectivity index is 1.83. The number of anilines is 1. The van der Waals surface area contributed by atoms with Crippen LogP contribution in [-0.2, 0) is 32.6 Å². The molecule has 4 aromatic rings. The van der Waals surface area contributed by atoms with Crippen LogP contribution < -0.4 is 9.62 Å². The molecule has 44 heavy (non-hydrogen) atoms. The third-order valence-corrected chi connectivity index (χ3v) is 9.60. The van der Waals surface area contributed by atoms with Crippen molar-refractivity contribution in [2.75, 3.05) is 17.4 Å². The summed E-state index contributed by atoms with van der Waals surface area (Å²) in [5.41, 5.74) is 1.46. The van der Waals surface area contributed by atoms with Crippen LogP contribution in [0.1, 0.15) is 24.5 Å². The molecule has 11 heteroatoms. The lowest BCUT2D eigenvalue weighted by atomic mass is 10.0. The lowest BCUT2D eigenvalue weighted by Gasteiger charge is -2.34. The van der Waals surface area contributed by atoms with E-state index in [4.69, 9.17) is 34.8 Å². The van der Waals surface area contributed by atoms with Crippen molar-refractivity contribution in [3.8, 4) is 0 Å². The SMILES string of the molecule is CCCNC(=O)[C@@H](Cc1ccccc1)N(Cc1ccccc1Cl)C(=O)CN(c1cc(Cl)ccc1Cl)S(=O)(=O)c1ccccc1. The lowest BCUT2D eigenvalue weighted by molar-refractivity contribution is -0.140. The quantitative estimate of drug-likeness (QED) is 0.166. The Morgan fingerprint density at radius 3 is 2.11 bits per heavy atom. The van der Waals surface area contributed by atoms with E-state index in [9.17, 15) is 18.0 Å². The van der Waals surface area contributed by atoms with E-state index in [0.29, 0.717) is 23.6 Å². The van der Waals surface area contributed by atoms with Crippen LogP contribution in [0.15, 0.2) is 108 Å². The number of nitrogens with one attached hydrogen (secondary N) is 1. The highest BCUT2D eigenvalue weighted by Crippen LogP contribution is 2.33. The molecule has 2 amide bonds. The monoisotopic (exact) mass is 671 g/mol. The van der Waals surface area contributed by atoms with Crippen molar-refractivity contribution >= 4 is 62.3 Å². The minimum absolute atomic E-state index is 0.0316. The second kappa shape index (κ2) is 15.4. The summed E-state index contributed by atoms with van der Waals surface area (Å²) in [5, 5.41) is 3.64. The van der Waals surface area contributed by atoms with E-state index < -0.39 is 28.5 Å².